The molecule has 0 spiro atoms. The molecule has 1 N–H and O–H groups in total. The lowest BCUT2D eigenvalue weighted by Gasteiger charge is -2.27. The van der Waals surface area contributed by atoms with Crippen LogP contribution in [0.3, 0.4) is 0 Å². The number of hydrogen-bond acceptors (Lipinski definition) is 5. The molecule has 0 unspecified atom stereocenters. The Hall–Kier alpha value is -3.00. The standard InChI is InChI=1S/C22H24N4O3S/c1-25-12-10-23-22(25)30-15-18-8-9-19(29-18)21(28)24-14-16-5-4-6-17(13-16)26-11-3-2-7-20(26)27/h4-6,8-10,12-13H,2-3,7,11,14-15H2,1H3,(H,24,28). The second-order valence-corrected chi connectivity index (χ2v) is 8.17. The van der Waals surface area contributed by atoms with Crippen molar-refractivity contribution in [1.82, 2.24) is 14.9 Å². The topological polar surface area (TPSA) is 80.4 Å². The highest BCUT2D eigenvalue weighted by atomic mass is 32.2. The van der Waals surface area contributed by atoms with Crippen LogP contribution in [0.2, 0.25) is 0 Å². The van der Waals surface area contributed by atoms with E-state index in [0.29, 0.717) is 18.7 Å². The van der Waals surface area contributed by atoms with E-state index in [2.05, 4.69) is 10.3 Å². The second kappa shape index (κ2) is 9.21. The van der Waals surface area contributed by atoms with Gasteiger partial charge in [-0.1, -0.05) is 23.9 Å². The van der Waals surface area contributed by atoms with Gasteiger partial charge >= 0.3 is 0 Å². The van der Waals surface area contributed by atoms with Gasteiger partial charge in [0.1, 0.15) is 5.76 Å². The monoisotopic (exact) mass is 424 g/mol. The molecule has 8 heteroatoms. The Bertz CT molecular complexity index is 1040. The first-order valence-electron chi connectivity index (χ1n) is 9.96. The molecule has 4 rings (SSSR count). The third-order valence-corrected chi connectivity index (χ3v) is 6.09. The minimum absolute atomic E-state index is 0.161. The molecule has 7 nitrogen and oxygen atoms in total. The van der Waals surface area contributed by atoms with Crippen LogP contribution < -0.4 is 10.2 Å². The van der Waals surface area contributed by atoms with Crippen LogP contribution in [-0.2, 0) is 24.1 Å². The highest BCUT2D eigenvalue weighted by Gasteiger charge is 2.19. The number of benzene rings is 1. The van der Waals surface area contributed by atoms with E-state index in [9.17, 15) is 9.59 Å². The van der Waals surface area contributed by atoms with Gasteiger partial charge in [-0.2, -0.15) is 0 Å². The van der Waals surface area contributed by atoms with Gasteiger partial charge in [0.25, 0.3) is 5.91 Å². The fourth-order valence-electron chi connectivity index (χ4n) is 3.39. The number of nitrogens with zero attached hydrogens (tertiary/aromatic N) is 3. The highest BCUT2D eigenvalue weighted by molar-refractivity contribution is 7.98. The zero-order chi connectivity index (χ0) is 20.9. The summed E-state index contributed by atoms with van der Waals surface area (Å²) < 4.78 is 7.62. The first-order chi connectivity index (χ1) is 14.6. The Morgan fingerprint density at radius 1 is 1.27 bits per heavy atom. The summed E-state index contributed by atoms with van der Waals surface area (Å²) in [5.74, 6) is 1.51. The van der Waals surface area contributed by atoms with Gasteiger partial charge in [-0.05, 0) is 42.7 Å². The zero-order valence-electron chi connectivity index (χ0n) is 16.8. The van der Waals surface area contributed by atoms with Crippen molar-refractivity contribution in [2.45, 2.75) is 36.7 Å². The maximum Gasteiger partial charge on any atom is 0.287 e. The number of hydrogen-bond donors (Lipinski definition) is 1. The fourth-order valence-corrected chi connectivity index (χ4v) is 4.21. The van der Waals surface area contributed by atoms with E-state index in [-0.39, 0.29) is 17.6 Å². The normalized spacial score (nSPS) is 14.2. The van der Waals surface area contributed by atoms with Gasteiger partial charge in [0.05, 0.1) is 5.75 Å². The van der Waals surface area contributed by atoms with E-state index in [1.165, 1.54) is 0 Å². The molecule has 3 aromatic rings. The molecule has 1 fully saturated rings. The summed E-state index contributed by atoms with van der Waals surface area (Å²) in [4.78, 5) is 30.7. The number of piperidine rings is 1. The number of imidazole rings is 1. The number of thioether (sulfide) groups is 1. The summed E-state index contributed by atoms with van der Waals surface area (Å²) in [6.07, 6.45) is 6.21. The smallest absolute Gasteiger partial charge is 0.287 e. The number of furan rings is 1. The van der Waals surface area contributed by atoms with Crippen LogP contribution in [0.25, 0.3) is 0 Å². The maximum atomic E-state index is 12.5. The number of carbonyl (C=O) groups is 2. The van der Waals surface area contributed by atoms with Crippen molar-refractivity contribution in [3.63, 3.8) is 0 Å². The Labute approximate surface area is 179 Å². The number of nitrogens with one attached hydrogen (secondary N) is 1. The Morgan fingerprint density at radius 2 is 2.17 bits per heavy atom. The third kappa shape index (κ3) is 4.76. The number of anilines is 1. The van der Waals surface area contributed by atoms with Crippen molar-refractivity contribution in [1.29, 1.82) is 0 Å². The Balaban J connectivity index is 1.32. The number of rotatable bonds is 7. The molecule has 2 amide bonds. The summed E-state index contributed by atoms with van der Waals surface area (Å²) in [6.45, 7) is 1.12. The van der Waals surface area contributed by atoms with Crippen molar-refractivity contribution in [3.8, 4) is 0 Å². The van der Waals surface area contributed by atoms with Crippen LogP contribution >= 0.6 is 11.8 Å². The first-order valence-corrected chi connectivity index (χ1v) is 10.9. The molecule has 0 atom stereocenters. The van der Waals surface area contributed by atoms with Gasteiger partial charge < -0.3 is 19.2 Å². The van der Waals surface area contributed by atoms with Crippen LogP contribution in [0.15, 0.2) is 58.4 Å². The molecule has 1 saturated heterocycles. The molecule has 156 valence electrons. The summed E-state index contributed by atoms with van der Waals surface area (Å²) in [5.41, 5.74) is 1.83. The molecular weight excluding hydrogens is 400 g/mol. The van der Waals surface area contributed by atoms with E-state index < -0.39 is 0 Å². The molecule has 1 aromatic carbocycles. The lowest BCUT2D eigenvalue weighted by Crippen LogP contribution is -2.35. The molecular formula is C22H24N4O3S. The number of amides is 2. The Kier molecular flexibility index (Phi) is 6.23. The van der Waals surface area contributed by atoms with Crippen LogP contribution in [0, 0.1) is 0 Å². The van der Waals surface area contributed by atoms with E-state index in [1.54, 1.807) is 24.0 Å². The van der Waals surface area contributed by atoms with Crippen LogP contribution in [0.4, 0.5) is 5.69 Å². The summed E-state index contributed by atoms with van der Waals surface area (Å²) in [6, 6.07) is 11.3. The predicted molar refractivity (Wildman–Crippen MR) is 115 cm³/mol. The van der Waals surface area contributed by atoms with Gasteiger partial charge in [-0.25, -0.2) is 4.98 Å². The van der Waals surface area contributed by atoms with E-state index >= 15 is 0 Å². The van der Waals surface area contributed by atoms with Crippen molar-refractivity contribution in [2.24, 2.45) is 7.05 Å². The zero-order valence-corrected chi connectivity index (χ0v) is 17.7. The summed E-state index contributed by atoms with van der Waals surface area (Å²) in [7, 11) is 1.94. The lowest BCUT2D eigenvalue weighted by molar-refractivity contribution is -0.119. The number of aryl methyl sites for hydroxylation is 1. The molecule has 30 heavy (non-hydrogen) atoms. The van der Waals surface area contributed by atoms with Crippen molar-refractivity contribution < 1.29 is 14.0 Å². The number of carbonyl (C=O) groups excluding carboxylic acids is 2. The molecule has 1 aliphatic heterocycles. The van der Waals surface area contributed by atoms with E-state index in [4.69, 9.17) is 4.42 Å². The average Bonchev–Trinajstić information content (AvgIpc) is 3.40. The van der Waals surface area contributed by atoms with Gasteiger partial charge in [0.15, 0.2) is 10.9 Å². The highest BCUT2D eigenvalue weighted by Crippen LogP contribution is 2.23. The van der Waals surface area contributed by atoms with E-state index in [0.717, 1.165) is 41.6 Å². The number of aromatic nitrogens is 2. The quantitative estimate of drug-likeness (QED) is 0.584. The van der Waals surface area contributed by atoms with Gasteiger partial charge in [0.2, 0.25) is 5.91 Å². The van der Waals surface area contributed by atoms with Gasteiger partial charge in [0, 0.05) is 44.6 Å². The van der Waals surface area contributed by atoms with Crippen molar-refractivity contribution in [2.75, 3.05) is 11.4 Å². The summed E-state index contributed by atoms with van der Waals surface area (Å²) in [5, 5.41) is 3.78. The molecule has 3 heterocycles. The third-order valence-electron chi connectivity index (χ3n) is 5.00. The van der Waals surface area contributed by atoms with Crippen molar-refractivity contribution in [3.05, 3.63) is 65.9 Å². The van der Waals surface area contributed by atoms with Gasteiger partial charge in [-0.15, -0.1) is 0 Å². The summed E-state index contributed by atoms with van der Waals surface area (Å²) >= 11 is 1.55. The van der Waals surface area contributed by atoms with E-state index in [1.807, 2.05) is 53.0 Å². The SMILES string of the molecule is Cn1ccnc1SCc1ccc(C(=O)NCc2cccc(N3CCCCC3=O)c2)o1. The minimum Gasteiger partial charge on any atom is -0.455 e. The fraction of sp³-hybridized carbons (Fsp3) is 0.318. The molecule has 2 aromatic heterocycles. The molecule has 1 aliphatic rings. The first kappa shape index (κ1) is 20.3. The molecule has 0 radical (unpaired) electrons. The predicted octanol–water partition coefficient (Wildman–Crippen LogP) is 3.75. The molecule has 0 aliphatic carbocycles. The minimum atomic E-state index is -0.261. The van der Waals surface area contributed by atoms with Crippen LogP contribution in [0.5, 0.6) is 0 Å². The Morgan fingerprint density at radius 3 is 2.97 bits per heavy atom. The van der Waals surface area contributed by atoms with Crippen LogP contribution in [0.1, 0.15) is 41.1 Å². The molecule has 0 saturated carbocycles. The van der Waals surface area contributed by atoms with Gasteiger partial charge in [-0.3, -0.25) is 9.59 Å². The lowest BCUT2D eigenvalue weighted by atomic mass is 10.1. The largest absolute Gasteiger partial charge is 0.455 e. The van der Waals surface area contributed by atoms with Crippen molar-refractivity contribution >= 4 is 29.3 Å². The average molecular weight is 425 g/mol. The molecule has 0 bridgehead atoms. The second-order valence-electron chi connectivity index (χ2n) is 7.23. The van der Waals surface area contributed by atoms with Crippen LogP contribution in [-0.4, -0.2) is 27.9 Å². The maximum absolute atomic E-state index is 12.5.